The van der Waals surface area contributed by atoms with Gasteiger partial charge in [0.15, 0.2) is 0 Å². The van der Waals surface area contributed by atoms with E-state index in [1.54, 1.807) is 6.08 Å². The lowest BCUT2D eigenvalue weighted by Gasteiger charge is -2.15. The molecule has 2 heterocycles. The molecule has 0 spiro atoms. The van der Waals surface area contributed by atoms with Crippen molar-refractivity contribution >= 4 is 11.9 Å². The molecule has 8 heteroatoms. The van der Waals surface area contributed by atoms with Crippen LogP contribution in [-0.4, -0.2) is 38.6 Å². The topological polar surface area (TPSA) is 134 Å². The molecule has 0 radical (unpaired) electrons. The molecule has 4 N–H and O–H groups in total. The molecular formula is C15H20N4O4. The minimum atomic E-state index is -0.842. The number of nitrogens with zero attached hydrogens (tertiary/aromatic N) is 3. The molecule has 0 amide bonds. The van der Waals surface area contributed by atoms with Gasteiger partial charge in [0.05, 0.1) is 18.8 Å². The summed E-state index contributed by atoms with van der Waals surface area (Å²) in [4.78, 5) is 15.8. The first-order valence-corrected chi connectivity index (χ1v) is 7.33. The van der Waals surface area contributed by atoms with Gasteiger partial charge in [-0.15, -0.1) is 0 Å². The summed E-state index contributed by atoms with van der Waals surface area (Å²) in [6.45, 7) is 1.54. The van der Waals surface area contributed by atoms with Gasteiger partial charge in [-0.3, -0.25) is 4.57 Å². The molecule has 1 fully saturated rings. The molecule has 0 aromatic carbocycles. The zero-order chi connectivity index (χ0) is 17.0. The van der Waals surface area contributed by atoms with Crippen molar-refractivity contribution in [1.29, 1.82) is 5.26 Å². The van der Waals surface area contributed by atoms with Crippen molar-refractivity contribution in [2.75, 3.05) is 12.3 Å². The molecule has 1 aromatic heterocycles. The number of anilines is 1. The lowest BCUT2D eigenvalue weighted by Crippen LogP contribution is -2.28. The first-order chi connectivity index (χ1) is 11.0. The maximum Gasteiger partial charge on any atom is 0.351 e. The van der Waals surface area contributed by atoms with Crippen LogP contribution in [-0.2, 0) is 4.74 Å². The van der Waals surface area contributed by atoms with E-state index >= 15 is 0 Å². The fraction of sp³-hybridized carbons (Fsp3) is 0.533. The van der Waals surface area contributed by atoms with Crippen molar-refractivity contribution in [2.24, 2.45) is 0 Å². The lowest BCUT2D eigenvalue weighted by atomic mass is 10.1. The molecule has 0 aliphatic carbocycles. The van der Waals surface area contributed by atoms with E-state index in [-0.39, 0.29) is 18.8 Å². The monoisotopic (exact) mass is 320 g/mol. The summed E-state index contributed by atoms with van der Waals surface area (Å²) in [7, 11) is 0. The van der Waals surface area contributed by atoms with Crippen molar-refractivity contribution in [3.63, 3.8) is 0 Å². The zero-order valence-electron chi connectivity index (χ0n) is 12.8. The molecule has 1 aromatic rings. The normalized spacial score (nSPS) is 24.6. The molecule has 2 rings (SSSR count). The van der Waals surface area contributed by atoms with Crippen LogP contribution in [0.15, 0.2) is 16.6 Å². The van der Waals surface area contributed by atoms with Crippen LogP contribution < -0.4 is 11.4 Å². The Morgan fingerprint density at radius 3 is 3.04 bits per heavy atom. The van der Waals surface area contributed by atoms with Crippen LogP contribution >= 0.6 is 0 Å². The van der Waals surface area contributed by atoms with E-state index in [9.17, 15) is 9.90 Å². The first-order valence-electron chi connectivity index (χ1n) is 7.33. The minimum absolute atomic E-state index is 0.0970. The predicted octanol–water partition coefficient (Wildman–Crippen LogP) is 0.173. The molecule has 23 heavy (non-hydrogen) atoms. The second kappa shape index (κ2) is 7.37. The highest BCUT2D eigenvalue weighted by Crippen LogP contribution is 2.28. The summed E-state index contributed by atoms with van der Waals surface area (Å²) in [5.41, 5.74) is 6.69. The first kappa shape index (κ1) is 17.1. The second-order valence-electron chi connectivity index (χ2n) is 5.53. The number of rotatable bonds is 5. The van der Waals surface area contributed by atoms with Crippen LogP contribution in [0.1, 0.15) is 38.0 Å². The number of hydrogen-bond donors (Lipinski definition) is 3. The van der Waals surface area contributed by atoms with Gasteiger partial charge in [0.25, 0.3) is 0 Å². The van der Waals surface area contributed by atoms with Gasteiger partial charge >= 0.3 is 5.69 Å². The van der Waals surface area contributed by atoms with Crippen molar-refractivity contribution in [1.82, 2.24) is 9.55 Å². The van der Waals surface area contributed by atoms with Gasteiger partial charge in [0.1, 0.15) is 18.1 Å². The number of nitriles is 1. The van der Waals surface area contributed by atoms with E-state index in [1.165, 1.54) is 10.8 Å². The third-order valence-corrected chi connectivity index (χ3v) is 3.74. The van der Waals surface area contributed by atoms with E-state index < -0.39 is 24.1 Å². The molecule has 1 aliphatic heterocycles. The highest BCUT2D eigenvalue weighted by molar-refractivity contribution is 5.61. The fourth-order valence-corrected chi connectivity index (χ4v) is 2.45. The molecule has 1 saturated heterocycles. The molecule has 3 atom stereocenters. The minimum Gasteiger partial charge on any atom is -0.394 e. The number of nitrogen functional groups attached to an aromatic ring is 1. The fourth-order valence-electron chi connectivity index (χ4n) is 2.45. The summed E-state index contributed by atoms with van der Waals surface area (Å²) in [5, 5.41) is 27.5. The third-order valence-electron chi connectivity index (χ3n) is 3.74. The summed E-state index contributed by atoms with van der Waals surface area (Å²) in [5.74, 6) is 0.0970. The van der Waals surface area contributed by atoms with E-state index in [0.717, 1.165) is 5.57 Å². The standard InChI is InChI=1S/C15H20N4O4/c1-9(3-2-4-16)5-10-7-19(15(22)18-14(10)17)13-6-11(21)12(8-20)23-13/h5,7,11-13,20-21H,2-3,6,8H2,1H3,(H2,17,18,22)/b9-5+/t11-,12+,13+/m0/s1. The van der Waals surface area contributed by atoms with Crippen LogP contribution in [0.5, 0.6) is 0 Å². The Labute approximate surface area is 133 Å². The number of ether oxygens (including phenoxy) is 1. The van der Waals surface area contributed by atoms with Gasteiger partial charge in [0, 0.05) is 24.6 Å². The number of aliphatic hydroxyl groups is 2. The third kappa shape index (κ3) is 3.96. The van der Waals surface area contributed by atoms with Gasteiger partial charge in [0.2, 0.25) is 0 Å². The number of allylic oxidation sites excluding steroid dienone is 1. The Hall–Kier alpha value is -2.21. The maximum absolute atomic E-state index is 12.0. The average molecular weight is 320 g/mol. The van der Waals surface area contributed by atoms with Gasteiger partial charge in [-0.05, 0) is 13.3 Å². The van der Waals surface area contributed by atoms with Crippen molar-refractivity contribution < 1.29 is 14.9 Å². The van der Waals surface area contributed by atoms with Crippen molar-refractivity contribution in [3.8, 4) is 6.07 Å². The van der Waals surface area contributed by atoms with Crippen LogP contribution in [0.3, 0.4) is 0 Å². The van der Waals surface area contributed by atoms with Gasteiger partial charge in [-0.2, -0.15) is 10.2 Å². The maximum atomic E-state index is 12.0. The Morgan fingerprint density at radius 2 is 2.43 bits per heavy atom. The molecule has 1 aliphatic rings. The van der Waals surface area contributed by atoms with Gasteiger partial charge in [-0.25, -0.2) is 4.79 Å². The summed E-state index contributed by atoms with van der Waals surface area (Å²) < 4.78 is 6.74. The predicted molar refractivity (Wildman–Crippen MR) is 83.0 cm³/mol. The lowest BCUT2D eigenvalue weighted by molar-refractivity contribution is -0.0458. The summed E-state index contributed by atoms with van der Waals surface area (Å²) >= 11 is 0. The Kier molecular flexibility index (Phi) is 5.50. The van der Waals surface area contributed by atoms with E-state index in [2.05, 4.69) is 11.1 Å². The highest BCUT2D eigenvalue weighted by atomic mass is 16.5. The number of hydrogen-bond acceptors (Lipinski definition) is 7. The van der Waals surface area contributed by atoms with E-state index in [4.69, 9.17) is 20.8 Å². The molecule has 124 valence electrons. The summed E-state index contributed by atoms with van der Waals surface area (Å²) in [6, 6.07) is 2.07. The van der Waals surface area contributed by atoms with Crippen molar-refractivity contribution in [3.05, 3.63) is 27.8 Å². The highest BCUT2D eigenvalue weighted by Gasteiger charge is 2.35. The van der Waals surface area contributed by atoms with Crippen LogP contribution in [0, 0.1) is 11.3 Å². The smallest absolute Gasteiger partial charge is 0.351 e. The molecular weight excluding hydrogens is 300 g/mol. The molecule has 0 bridgehead atoms. The van der Waals surface area contributed by atoms with Crippen LogP contribution in [0.2, 0.25) is 0 Å². The zero-order valence-corrected chi connectivity index (χ0v) is 12.8. The molecule has 0 saturated carbocycles. The average Bonchev–Trinajstić information content (AvgIpc) is 2.88. The number of aromatic nitrogens is 2. The van der Waals surface area contributed by atoms with Crippen molar-refractivity contribution in [2.45, 2.75) is 44.6 Å². The van der Waals surface area contributed by atoms with Crippen LogP contribution in [0.25, 0.3) is 6.08 Å². The SMILES string of the molecule is C/C(=C\c1cn([C@H]2C[C@H](O)[C@@H](CO)O2)c(=O)nc1N)CCC#N. The second-order valence-corrected chi connectivity index (χ2v) is 5.53. The molecule has 8 nitrogen and oxygen atoms in total. The summed E-state index contributed by atoms with van der Waals surface area (Å²) in [6.07, 6.45) is 2.21. The quantitative estimate of drug-likeness (QED) is 0.704. The van der Waals surface area contributed by atoms with Crippen LogP contribution in [0.4, 0.5) is 5.82 Å². The number of aliphatic hydroxyl groups excluding tert-OH is 2. The number of nitrogens with two attached hydrogens (primary N) is 1. The Balaban J connectivity index is 2.30. The van der Waals surface area contributed by atoms with Gasteiger partial charge in [-0.1, -0.05) is 11.6 Å². The molecule has 0 unspecified atom stereocenters. The largest absolute Gasteiger partial charge is 0.394 e. The van der Waals surface area contributed by atoms with E-state index in [0.29, 0.717) is 18.4 Å². The van der Waals surface area contributed by atoms with Gasteiger partial charge < -0.3 is 20.7 Å². The Bertz CT molecular complexity index is 692. The van der Waals surface area contributed by atoms with E-state index in [1.807, 2.05) is 6.92 Å². The Morgan fingerprint density at radius 1 is 1.70 bits per heavy atom.